The molecule has 3 rings (SSSR count). The van der Waals surface area contributed by atoms with Crippen molar-refractivity contribution >= 4 is 32.5 Å². The van der Waals surface area contributed by atoms with E-state index in [-0.39, 0.29) is 22.3 Å². The normalized spacial score (nSPS) is 11.7. The van der Waals surface area contributed by atoms with Gasteiger partial charge in [-0.1, -0.05) is 23.7 Å². The van der Waals surface area contributed by atoms with Gasteiger partial charge in [0.25, 0.3) is 5.56 Å². The van der Waals surface area contributed by atoms with Gasteiger partial charge in [-0.3, -0.25) is 9.78 Å². The first-order chi connectivity index (χ1) is 11.8. The molecular formula is C16H14ClN3O4S. The molecule has 25 heavy (non-hydrogen) atoms. The number of aromatic nitrogens is 2. The molecule has 1 aromatic heterocycles. The fraction of sp³-hybridized carbons (Fsp3) is 0.125. The number of halogens is 1. The maximum atomic E-state index is 12.4. The molecule has 0 spiro atoms. The van der Waals surface area contributed by atoms with Crippen LogP contribution in [-0.2, 0) is 16.4 Å². The van der Waals surface area contributed by atoms with Crippen molar-refractivity contribution in [1.82, 2.24) is 14.7 Å². The second kappa shape index (κ2) is 6.83. The predicted molar refractivity (Wildman–Crippen MR) is 95.5 cm³/mol. The summed E-state index contributed by atoms with van der Waals surface area (Å²) in [5, 5.41) is 0.712. The van der Waals surface area contributed by atoms with E-state index < -0.39 is 21.3 Å². The van der Waals surface area contributed by atoms with Crippen LogP contribution < -0.4 is 16.0 Å². The van der Waals surface area contributed by atoms with Gasteiger partial charge in [-0.15, -0.1) is 0 Å². The Bertz CT molecular complexity index is 1130. The lowest BCUT2D eigenvalue weighted by molar-refractivity contribution is 0.582. The molecule has 0 amide bonds. The molecule has 7 nitrogen and oxygen atoms in total. The van der Waals surface area contributed by atoms with E-state index >= 15 is 0 Å². The molecule has 0 fully saturated rings. The average Bonchev–Trinajstić information content (AvgIpc) is 2.56. The van der Waals surface area contributed by atoms with Crippen LogP contribution in [0.1, 0.15) is 5.56 Å². The molecule has 0 saturated carbocycles. The van der Waals surface area contributed by atoms with Crippen molar-refractivity contribution in [2.24, 2.45) is 0 Å². The molecule has 0 radical (unpaired) electrons. The lowest BCUT2D eigenvalue weighted by Crippen LogP contribution is -2.27. The molecule has 0 unspecified atom stereocenters. The summed E-state index contributed by atoms with van der Waals surface area (Å²) >= 11 is 5.81. The van der Waals surface area contributed by atoms with E-state index in [0.717, 1.165) is 5.56 Å². The van der Waals surface area contributed by atoms with Gasteiger partial charge in [-0.25, -0.2) is 17.9 Å². The number of H-pyrrole nitrogens is 2. The molecule has 3 aromatic rings. The molecule has 3 N–H and O–H groups in total. The Morgan fingerprint density at radius 2 is 1.72 bits per heavy atom. The monoisotopic (exact) mass is 379 g/mol. The minimum Gasteiger partial charge on any atom is -0.307 e. The molecule has 0 aliphatic heterocycles. The summed E-state index contributed by atoms with van der Waals surface area (Å²) in [5.41, 5.74) is -0.0698. The van der Waals surface area contributed by atoms with E-state index in [1.165, 1.54) is 18.2 Å². The first kappa shape index (κ1) is 17.4. The van der Waals surface area contributed by atoms with Gasteiger partial charge in [0.1, 0.15) is 0 Å². The first-order valence-corrected chi connectivity index (χ1v) is 9.22. The van der Waals surface area contributed by atoms with E-state index in [1.54, 1.807) is 12.1 Å². The lowest BCUT2D eigenvalue weighted by atomic mass is 10.2. The highest BCUT2D eigenvalue weighted by Gasteiger charge is 2.15. The molecule has 0 aliphatic carbocycles. The SMILES string of the molecule is O=c1[nH]c(=O)c2cc(S(=O)(=O)NCCc3ccc(Cl)cc3)ccc2[nH]1. The summed E-state index contributed by atoms with van der Waals surface area (Å²) in [4.78, 5) is 27.5. The largest absolute Gasteiger partial charge is 0.326 e. The maximum Gasteiger partial charge on any atom is 0.326 e. The van der Waals surface area contributed by atoms with Crippen LogP contribution in [0.5, 0.6) is 0 Å². The van der Waals surface area contributed by atoms with E-state index in [0.29, 0.717) is 11.4 Å². The first-order valence-electron chi connectivity index (χ1n) is 7.36. The zero-order valence-electron chi connectivity index (χ0n) is 12.9. The molecule has 0 bridgehead atoms. The molecule has 1 heterocycles. The Labute approximate surface area is 147 Å². The van der Waals surface area contributed by atoms with Crippen LogP contribution in [0.2, 0.25) is 5.02 Å². The van der Waals surface area contributed by atoms with Crippen LogP contribution in [0.15, 0.2) is 56.9 Å². The second-order valence-corrected chi connectivity index (χ2v) is 7.59. The second-order valence-electron chi connectivity index (χ2n) is 5.39. The Kier molecular flexibility index (Phi) is 4.76. The zero-order valence-corrected chi connectivity index (χ0v) is 14.4. The van der Waals surface area contributed by atoms with Crippen molar-refractivity contribution in [2.75, 3.05) is 6.54 Å². The third-order valence-corrected chi connectivity index (χ3v) is 5.35. The summed E-state index contributed by atoms with van der Waals surface area (Å²) < 4.78 is 27.3. The van der Waals surface area contributed by atoms with Gasteiger partial charge in [0.2, 0.25) is 10.0 Å². The zero-order chi connectivity index (χ0) is 18.0. The molecule has 2 aromatic carbocycles. The number of fused-ring (bicyclic) bond motifs is 1. The van der Waals surface area contributed by atoms with Crippen LogP contribution in [0.4, 0.5) is 0 Å². The van der Waals surface area contributed by atoms with Crippen LogP contribution >= 0.6 is 11.6 Å². The van der Waals surface area contributed by atoms with Crippen molar-refractivity contribution in [3.63, 3.8) is 0 Å². The van der Waals surface area contributed by atoms with Gasteiger partial charge >= 0.3 is 5.69 Å². The highest BCUT2D eigenvalue weighted by atomic mass is 35.5. The Hall–Kier alpha value is -2.42. The molecule has 9 heteroatoms. The summed E-state index contributed by atoms with van der Waals surface area (Å²) in [6, 6.07) is 11.1. The maximum absolute atomic E-state index is 12.4. The molecule has 130 valence electrons. The summed E-state index contributed by atoms with van der Waals surface area (Å²) in [7, 11) is -3.78. The van der Waals surface area contributed by atoms with Gasteiger partial charge in [-0.2, -0.15) is 0 Å². The van der Waals surface area contributed by atoms with Crippen molar-refractivity contribution in [3.8, 4) is 0 Å². The summed E-state index contributed by atoms with van der Waals surface area (Å²) in [6.07, 6.45) is 0.498. The van der Waals surface area contributed by atoms with Gasteiger partial charge in [-0.05, 0) is 42.3 Å². The van der Waals surface area contributed by atoms with E-state index in [2.05, 4.69) is 14.7 Å². The average molecular weight is 380 g/mol. The number of sulfonamides is 1. The van der Waals surface area contributed by atoms with Crippen LogP contribution in [-0.4, -0.2) is 24.9 Å². The Balaban J connectivity index is 1.80. The summed E-state index contributed by atoms with van der Waals surface area (Å²) in [5.74, 6) is 0. The van der Waals surface area contributed by atoms with E-state index in [4.69, 9.17) is 11.6 Å². The standard InChI is InChI=1S/C16H14ClN3O4S/c17-11-3-1-10(2-4-11)7-8-18-25(23,24)12-5-6-14-13(9-12)15(21)20-16(22)19-14/h1-6,9,18H,7-8H2,(H2,19,20,21,22). The quantitative estimate of drug-likeness (QED) is 0.621. The number of hydrogen-bond donors (Lipinski definition) is 3. The molecule has 0 saturated heterocycles. The van der Waals surface area contributed by atoms with Gasteiger partial charge in [0, 0.05) is 11.6 Å². The molecular weight excluding hydrogens is 366 g/mol. The van der Waals surface area contributed by atoms with Crippen LogP contribution in [0, 0.1) is 0 Å². The number of benzene rings is 2. The lowest BCUT2D eigenvalue weighted by Gasteiger charge is -2.08. The van der Waals surface area contributed by atoms with E-state index in [9.17, 15) is 18.0 Å². The van der Waals surface area contributed by atoms with Crippen molar-refractivity contribution in [1.29, 1.82) is 0 Å². The fourth-order valence-corrected chi connectivity index (χ4v) is 3.56. The van der Waals surface area contributed by atoms with Gasteiger partial charge < -0.3 is 4.98 Å². The predicted octanol–water partition coefficient (Wildman–Crippen LogP) is 1.39. The number of hydrogen-bond acceptors (Lipinski definition) is 4. The Morgan fingerprint density at radius 1 is 1.00 bits per heavy atom. The number of nitrogens with one attached hydrogen (secondary N) is 3. The van der Waals surface area contributed by atoms with Crippen molar-refractivity contribution < 1.29 is 8.42 Å². The minimum atomic E-state index is -3.78. The van der Waals surface area contributed by atoms with Gasteiger partial charge in [0.15, 0.2) is 0 Å². The van der Waals surface area contributed by atoms with Gasteiger partial charge in [0.05, 0.1) is 15.8 Å². The topological polar surface area (TPSA) is 112 Å². The Morgan fingerprint density at radius 3 is 2.44 bits per heavy atom. The van der Waals surface area contributed by atoms with Crippen molar-refractivity contribution in [3.05, 3.63) is 73.9 Å². The fourth-order valence-electron chi connectivity index (χ4n) is 2.38. The highest BCUT2D eigenvalue weighted by molar-refractivity contribution is 7.89. The minimum absolute atomic E-state index is 0.0475. The van der Waals surface area contributed by atoms with E-state index in [1.807, 2.05) is 12.1 Å². The van der Waals surface area contributed by atoms with Crippen molar-refractivity contribution in [2.45, 2.75) is 11.3 Å². The smallest absolute Gasteiger partial charge is 0.307 e. The summed E-state index contributed by atoms with van der Waals surface area (Å²) in [6.45, 7) is 0.198. The number of aromatic amines is 2. The number of rotatable bonds is 5. The molecule has 0 aliphatic rings. The van der Waals surface area contributed by atoms with Crippen LogP contribution in [0.25, 0.3) is 10.9 Å². The van der Waals surface area contributed by atoms with Crippen LogP contribution in [0.3, 0.4) is 0 Å². The third-order valence-electron chi connectivity index (χ3n) is 3.64. The molecule has 0 atom stereocenters. The third kappa shape index (κ3) is 3.98. The highest BCUT2D eigenvalue weighted by Crippen LogP contribution is 2.14.